The van der Waals surface area contributed by atoms with Crippen molar-refractivity contribution in [2.75, 3.05) is 17.7 Å². The van der Waals surface area contributed by atoms with Crippen LogP contribution < -0.4 is 15.4 Å². The van der Waals surface area contributed by atoms with Crippen LogP contribution in [0.1, 0.15) is 11.3 Å². The number of aromatic amines is 1. The van der Waals surface area contributed by atoms with Crippen LogP contribution in [0.2, 0.25) is 0 Å². The fraction of sp³-hybridized carbons (Fsp3) is 0.0385. The summed E-state index contributed by atoms with van der Waals surface area (Å²) in [5.41, 5.74) is 7.07. The Labute approximate surface area is 180 Å². The van der Waals surface area contributed by atoms with Crippen molar-refractivity contribution >= 4 is 34.6 Å². The molecule has 0 bridgehead atoms. The lowest BCUT2D eigenvalue weighted by atomic mass is 10.0. The van der Waals surface area contributed by atoms with Crippen LogP contribution in [0.5, 0.6) is 5.75 Å². The normalized spacial score (nSPS) is 13.7. The zero-order valence-electron chi connectivity index (χ0n) is 16.9. The van der Waals surface area contributed by atoms with E-state index >= 15 is 0 Å². The second-order valence-electron chi connectivity index (χ2n) is 7.27. The van der Waals surface area contributed by atoms with E-state index in [2.05, 4.69) is 27.8 Å². The molecule has 4 aromatic rings. The van der Waals surface area contributed by atoms with Crippen LogP contribution >= 0.6 is 0 Å². The molecule has 2 heterocycles. The molecular weight excluding hydrogens is 386 g/mol. The largest absolute Gasteiger partial charge is 0.497 e. The Balaban J connectivity index is 1.46. The number of rotatable bonds is 5. The van der Waals surface area contributed by atoms with Crippen LogP contribution in [0.3, 0.4) is 0 Å². The van der Waals surface area contributed by atoms with Crippen LogP contribution in [0, 0.1) is 6.07 Å². The number of ether oxygens (including phenoxy) is 1. The Morgan fingerprint density at radius 3 is 2.71 bits per heavy atom. The highest BCUT2D eigenvalue weighted by Crippen LogP contribution is 2.36. The monoisotopic (exact) mass is 406 g/mol. The average molecular weight is 406 g/mol. The molecule has 0 spiro atoms. The van der Waals surface area contributed by atoms with E-state index in [1.54, 1.807) is 7.11 Å². The zero-order valence-corrected chi connectivity index (χ0v) is 16.9. The summed E-state index contributed by atoms with van der Waals surface area (Å²) < 4.78 is 5.49. The number of anilines is 3. The quantitative estimate of drug-likeness (QED) is 0.371. The van der Waals surface area contributed by atoms with Gasteiger partial charge < -0.3 is 20.4 Å². The van der Waals surface area contributed by atoms with E-state index in [1.165, 1.54) is 0 Å². The lowest BCUT2D eigenvalue weighted by molar-refractivity contribution is -0.110. The highest BCUT2D eigenvalue weighted by atomic mass is 16.5. The number of benzene rings is 3. The van der Waals surface area contributed by atoms with Gasteiger partial charge in [-0.15, -0.1) is 0 Å². The molecule has 0 atom stereocenters. The van der Waals surface area contributed by atoms with Crippen LogP contribution in [0.25, 0.3) is 22.8 Å². The molecule has 5 heteroatoms. The Kier molecular flexibility index (Phi) is 4.77. The molecule has 0 saturated carbocycles. The van der Waals surface area contributed by atoms with Gasteiger partial charge in [-0.3, -0.25) is 4.79 Å². The van der Waals surface area contributed by atoms with Gasteiger partial charge in [0.1, 0.15) is 5.75 Å². The van der Waals surface area contributed by atoms with Crippen LogP contribution in [0.4, 0.5) is 17.1 Å². The number of aromatic nitrogens is 1. The maximum atomic E-state index is 12.5. The number of carbonyl (C=O) groups is 1. The molecule has 0 unspecified atom stereocenters. The second-order valence-corrected chi connectivity index (χ2v) is 7.27. The summed E-state index contributed by atoms with van der Waals surface area (Å²) in [6.07, 6.45) is 3.70. The molecule has 0 saturated heterocycles. The fourth-order valence-electron chi connectivity index (χ4n) is 3.70. The second kappa shape index (κ2) is 7.88. The minimum Gasteiger partial charge on any atom is -0.497 e. The smallest absolute Gasteiger partial charge is 0.256 e. The number of fused-ring (bicyclic) bond motifs is 1. The van der Waals surface area contributed by atoms with Crippen LogP contribution in [-0.2, 0) is 4.79 Å². The maximum absolute atomic E-state index is 12.5. The minimum absolute atomic E-state index is 0.106. The van der Waals surface area contributed by atoms with E-state index in [4.69, 9.17) is 4.74 Å². The first-order valence-electron chi connectivity index (χ1n) is 9.93. The van der Waals surface area contributed by atoms with Gasteiger partial charge in [0, 0.05) is 34.9 Å². The van der Waals surface area contributed by atoms with Gasteiger partial charge in [-0.2, -0.15) is 0 Å². The van der Waals surface area contributed by atoms with Gasteiger partial charge in [0.05, 0.1) is 18.4 Å². The topological polar surface area (TPSA) is 66.2 Å². The zero-order chi connectivity index (χ0) is 21.2. The summed E-state index contributed by atoms with van der Waals surface area (Å²) in [5.74, 6) is 0.653. The van der Waals surface area contributed by atoms with E-state index < -0.39 is 0 Å². The number of H-pyrrole nitrogens is 1. The van der Waals surface area contributed by atoms with Crippen LogP contribution in [0.15, 0.2) is 79.0 Å². The third-order valence-electron chi connectivity index (χ3n) is 5.20. The maximum Gasteiger partial charge on any atom is 0.256 e. The summed E-state index contributed by atoms with van der Waals surface area (Å²) in [7, 11) is 1.66. The van der Waals surface area contributed by atoms with Gasteiger partial charge in [-0.05, 0) is 65.7 Å². The highest BCUT2D eigenvalue weighted by molar-refractivity contribution is 6.35. The molecular formula is C26H20N3O2. The summed E-state index contributed by atoms with van der Waals surface area (Å²) in [6, 6.07) is 26.6. The Morgan fingerprint density at radius 2 is 1.94 bits per heavy atom. The van der Waals surface area contributed by atoms with E-state index in [9.17, 15) is 4.79 Å². The summed E-state index contributed by atoms with van der Waals surface area (Å²) in [6.45, 7) is 0. The van der Waals surface area contributed by atoms with E-state index in [0.717, 1.165) is 45.2 Å². The van der Waals surface area contributed by atoms with Crippen molar-refractivity contribution in [1.82, 2.24) is 4.98 Å². The molecule has 0 fully saturated rings. The summed E-state index contributed by atoms with van der Waals surface area (Å²) in [5, 5.41) is 6.38. The standard InChI is InChI=1S/C26H20N3O2/c1-31-22-13-18(17-6-3-2-4-7-17)12-21(14-22)28-20-9-10-23-24(15-19-8-5-11-27-19)26(30)29-25(23)16-20/h2-3,5-16,27-28H,1H3,(H,29,30). The first-order chi connectivity index (χ1) is 15.2. The lowest BCUT2D eigenvalue weighted by Gasteiger charge is -2.12. The van der Waals surface area contributed by atoms with Crippen molar-refractivity contribution in [3.8, 4) is 16.9 Å². The molecule has 1 aliphatic rings. The van der Waals surface area contributed by atoms with Gasteiger partial charge in [-0.1, -0.05) is 24.3 Å². The van der Waals surface area contributed by atoms with Crippen molar-refractivity contribution in [2.45, 2.75) is 0 Å². The van der Waals surface area contributed by atoms with Crippen LogP contribution in [-0.4, -0.2) is 18.0 Å². The first-order valence-corrected chi connectivity index (χ1v) is 9.93. The third kappa shape index (κ3) is 3.81. The molecule has 0 aliphatic carbocycles. The summed E-state index contributed by atoms with van der Waals surface area (Å²) in [4.78, 5) is 15.6. The van der Waals surface area contributed by atoms with Gasteiger partial charge >= 0.3 is 0 Å². The Bertz CT molecular complexity index is 1280. The summed E-state index contributed by atoms with van der Waals surface area (Å²) >= 11 is 0. The predicted octanol–water partition coefficient (Wildman–Crippen LogP) is 5.73. The molecule has 1 amide bonds. The third-order valence-corrected chi connectivity index (χ3v) is 5.20. The van der Waals surface area contributed by atoms with Crippen molar-refractivity contribution in [3.05, 3.63) is 96.3 Å². The van der Waals surface area contributed by atoms with Gasteiger partial charge in [0.2, 0.25) is 0 Å². The average Bonchev–Trinajstić information content (AvgIpc) is 3.42. The Hall–Kier alpha value is -4.25. The molecule has 5 nitrogen and oxygen atoms in total. The number of hydrogen-bond donors (Lipinski definition) is 3. The molecule has 1 aromatic heterocycles. The van der Waals surface area contributed by atoms with Gasteiger partial charge in [-0.25, -0.2) is 0 Å². The number of amides is 1. The Morgan fingerprint density at radius 1 is 1.00 bits per heavy atom. The molecule has 1 aliphatic heterocycles. The molecule has 151 valence electrons. The number of hydrogen-bond acceptors (Lipinski definition) is 3. The van der Waals surface area contributed by atoms with E-state index in [-0.39, 0.29) is 5.91 Å². The molecule has 1 radical (unpaired) electrons. The van der Waals surface area contributed by atoms with Crippen molar-refractivity contribution in [2.24, 2.45) is 0 Å². The molecule has 5 rings (SSSR count). The predicted molar refractivity (Wildman–Crippen MR) is 124 cm³/mol. The first kappa shape index (κ1) is 18.8. The number of methoxy groups -OCH3 is 1. The van der Waals surface area contributed by atoms with Gasteiger partial charge in [0.25, 0.3) is 5.91 Å². The van der Waals surface area contributed by atoms with Crippen molar-refractivity contribution in [1.29, 1.82) is 0 Å². The molecule has 3 N–H and O–H groups in total. The van der Waals surface area contributed by atoms with Gasteiger partial charge in [0.15, 0.2) is 0 Å². The number of nitrogens with one attached hydrogen (secondary N) is 3. The lowest BCUT2D eigenvalue weighted by Crippen LogP contribution is -2.03. The van der Waals surface area contributed by atoms with Crippen molar-refractivity contribution < 1.29 is 9.53 Å². The molecule has 31 heavy (non-hydrogen) atoms. The fourth-order valence-corrected chi connectivity index (χ4v) is 3.70. The minimum atomic E-state index is -0.106. The van der Waals surface area contributed by atoms with E-state index in [1.807, 2.05) is 79.0 Å². The van der Waals surface area contributed by atoms with Crippen molar-refractivity contribution in [3.63, 3.8) is 0 Å². The SMILES string of the molecule is COc1cc(Nc2ccc3c(c2)NC(=O)C3=Cc2ccc[nH]2)cc(-c2c[c]ccc2)c1. The number of carbonyl (C=O) groups excluding carboxylic acids is 1. The molecule has 3 aromatic carbocycles. The van der Waals surface area contributed by atoms with E-state index in [0.29, 0.717) is 5.57 Å². The highest BCUT2D eigenvalue weighted by Gasteiger charge is 2.24.